The highest BCUT2D eigenvalue weighted by Gasteiger charge is 2.30. The Balaban J connectivity index is 1.66. The molecule has 150 valence electrons. The largest absolute Gasteiger partial charge is 0.478 e. The lowest BCUT2D eigenvalue weighted by Gasteiger charge is -2.25. The van der Waals surface area contributed by atoms with E-state index < -0.39 is 5.60 Å². The zero-order valence-electron chi connectivity index (χ0n) is 17.4. The maximum absolute atomic E-state index is 12.7. The van der Waals surface area contributed by atoms with Crippen LogP contribution in [0.25, 0.3) is 11.1 Å². The lowest BCUT2D eigenvalue weighted by molar-refractivity contribution is -0.128. The van der Waals surface area contributed by atoms with Crippen molar-refractivity contribution < 1.29 is 14.3 Å². The molecule has 0 aliphatic carbocycles. The quantitative estimate of drug-likeness (QED) is 0.572. The maximum Gasteiger partial charge on any atom is 0.267 e. The minimum Gasteiger partial charge on any atom is -0.478 e. The Morgan fingerprint density at radius 3 is 2.14 bits per heavy atom. The van der Waals surface area contributed by atoms with Gasteiger partial charge in [-0.1, -0.05) is 48.5 Å². The number of amides is 1. The summed E-state index contributed by atoms with van der Waals surface area (Å²) in [6.45, 7) is 6.12. The second kappa shape index (κ2) is 8.93. The van der Waals surface area contributed by atoms with Gasteiger partial charge in [0, 0.05) is 12.8 Å². The van der Waals surface area contributed by atoms with Crippen LogP contribution in [-0.2, 0) is 16.1 Å². The van der Waals surface area contributed by atoms with E-state index in [1.54, 1.807) is 21.0 Å². The number of hydrogen-bond donors (Lipinski definition) is 1. The standard InChI is InChI=1S/C25H27NO3/c1-18-6-5-7-23(16-18)29-25(2,3)24(27)26-22-14-12-21(13-15-22)20-10-8-19(9-11-20)17-28-4/h5-16H,17H2,1-4H3,(H,26,27). The number of carbonyl (C=O) groups excluding carboxylic acids is 1. The van der Waals surface area contributed by atoms with Crippen LogP contribution in [0.15, 0.2) is 72.8 Å². The molecule has 29 heavy (non-hydrogen) atoms. The molecule has 0 aromatic heterocycles. The lowest BCUT2D eigenvalue weighted by atomic mass is 10.0. The van der Waals surface area contributed by atoms with E-state index in [9.17, 15) is 4.79 Å². The number of nitrogens with one attached hydrogen (secondary N) is 1. The van der Waals surface area contributed by atoms with Gasteiger partial charge in [0.15, 0.2) is 5.60 Å². The van der Waals surface area contributed by atoms with Gasteiger partial charge in [-0.05, 0) is 67.3 Å². The van der Waals surface area contributed by atoms with E-state index in [1.165, 1.54) is 0 Å². The lowest BCUT2D eigenvalue weighted by Crippen LogP contribution is -2.42. The summed E-state index contributed by atoms with van der Waals surface area (Å²) in [4.78, 5) is 12.7. The summed E-state index contributed by atoms with van der Waals surface area (Å²) in [7, 11) is 1.69. The molecule has 3 aromatic rings. The van der Waals surface area contributed by atoms with E-state index in [0.29, 0.717) is 12.4 Å². The Morgan fingerprint density at radius 2 is 1.55 bits per heavy atom. The van der Waals surface area contributed by atoms with Crippen LogP contribution in [0.4, 0.5) is 5.69 Å². The molecule has 0 heterocycles. The zero-order chi connectivity index (χ0) is 20.9. The first kappa shape index (κ1) is 20.6. The molecule has 4 heteroatoms. The monoisotopic (exact) mass is 389 g/mol. The van der Waals surface area contributed by atoms with Gasteiger partial charge in [0.1, 0.15) is 5.75 Å². The van der Waals surface area contributed by atoms with Gasteiger partial charge in [-0.15, -0.1) is 0 Å². The third-order valence-electron chi connectivity index (χ3n) is 4.65. The molecule has 0 bridgehead atoms. The number of methoxy groups -OCH3 is 1. The molecule has 0 atom stereocenters. The van der Waals surface area contributed by atoms with Gasteiger partial charge in [-0.25, -0.2) is 0 Å². The smallest absolute Gasteiger partial charge is 0.267 e. The first-order valence-electron chi connectivity index (χ1n) is 9.63. The summed E-state index contributed by atoms with van der Waals surface area (Å²) in [5, 5.41) is 2.94. The summed E-state index contributed by atoms with van der Waals surface area (Å²) in [6, 6.07) is 23.7. The van der Waals surface area contributed by atoms with E-state index in [0.717, 1.165) is 27.9 Å². The molecular formula is C25H27NO3. The number of anilines is 1. The summed E-state index contributed by atoms with van der Waals surface area (Å²) in [6.07, 6.45) is 0. The predicted octanol–water partition coefficient (Wildman–Crippen LogP) is 5.60. The Kier molecular flexibility index (Phi) is 6.35. The van der Waals surface area contributed by atoms with Crippen molar-refractivity contribution in [3.8, 4) is 16.9 Å². The first-order chi connectivity index (χ1) is 13.9. The maximum atomic E-state index is 12.7. The Hall–Kier alpha value is -3.11. The number of hydrogen-bond acceptors (Lipinski definition) is 3. The first-order valence-corrected chi connectivity index (χ1v) is 9.63. The van der Waals surface area contributed by atoms with E-state index in [4.69, 9.17) is 9.47 Å². The fourth-order valence-electron chi connectivity index (χ4n) is 3.01. The van der Waals surface area contributed by atoms with Crippen molar-refractivity contribution in [3.05, 3.63) is 83.9 Å². The van der Waals surface area contributed by atoms with Crippen molar-refractivity contribution >= 4 is 11.6 Å². The van der Waals surface area contributed by atoms with Crippen LogP contribution in [0.5, 0.6) is 5.75 Å². The topological polar surface area (TPSA) is 47.6 Å². The molecule has 1 amide bonds. The third-order valence-corrected chi connectivity index (χ3v) is 4.65. The van der Waals surface area contributed by atoms with Crippen LogP contribution in [-0.4, -0.2) is 18.6 Å². The fraction of sp³-hybridized carbons (Fsp3) is 0.240. The van der Waals surface area contributed by atoms with Crippen molar-refractivity contribution in [1.82, 2.24) is 0 Å². The van der Waals surface area contributed by atoms with Crippen LogP contribution in [0.3, 0.4) is 0 Å². The normalized spacial score (nSPS) is 11.2. The fourth-order valence-corrected chi connectivity index (χ4v) is 3.01. The minimum atomic E-state index is -0.996. The summed E-state index contributed by atoms with van der Waals surface area (Å²) in [5.74, 6) is 0.480. The summed E-state index contributed by atoms with van der Waals surface area (Å²) < 4.78 is 11.1. The molecule has 0 spiro atoms. The molecule has 0 saturated heterocycles. The van der Waals surface area contributed by atoms with Crippen LogP contribution >= 0.6 is 0 Å². The van der Waals surface area contributed by atoms with Crippen molar-refractivity contribution in [2.45, 2.75) is 33.0 Å². The number of carbonyl (C=O) groups is 1. The molecule has 0 unspecified atom stereocenters. The van der Waals surface area contributed by atoms with Crippen molar-refractivity contribution in [1.29, 1.82) is 0 Å². The predicted molar refractivity (Wildman–Crippen MR) is 117 cm³/mol. The number of ether oxygens (including phenoxy) is 2. The van der Waals surface area contributed by atoms with Gasteiger partial charge in [0.2, 0.25) is 0 Å². The van der Waals surface area contributed by atoms with Crippen molar-refractivity contribution in [3.63, 3.8) is 0 Å². The third kappa shape index (κ3) is 5.46. The SMILES string of the molecule is COCc1ccc(-c2ccc(NC(=O)C(C)(C)Oc3cccc(C)c3)cc2)cc1. The minimum absolute atomic E-state index is 0.198. The molecule has 0 aliphatic rings. The molecule has 0 fully saturated rings. The molecule has 3 rings (SSSR count). The van der Waals surface area contributed by atoms with Gasteiger partial charge in [-0.2, -0.15) is 0 Å². The van der Waals surface area contributed by atoms with Gasteiger partial charge in [0.25, 0.3) is 5.91 Å². The van der Waals surface area contributed by atoms with E-state index in [1.807, 2.05) is 55.5 Å². The molecule has 4 nitrogen and oxygen atoms in total. The van der Waals surface area contributed by atoms with Crippen molar-refractivity contribution in [2.75, 3.05) is 12.4 Å². The zero-order valence-corrected chi connectivity index (χ0v) is 17.4. The molecular weight excluding hydrogens is 362 g/mol. The van der Waals surface area contributed by atoms with Crippen LogP contribution in [0, 0.1) is 6.92 Å². The molecule has 0 aliphatic heterocycles. The molecule has 1 N–H and O–H groups in total. The van der Waals surface area contributed by atoms with Gasteiger partial charge < -0.3 is 14.8 Å². The Labute approximate surface area is 172 Å². The number of rotatable bonds is 7. The van der Waals surface area contributed by atoms with Crippen LogP contribution < -0.4 is 10.1 Å². The van der Waals surface area contributed by atoms with Crippen LogP contribution in [0.2, 0.25) is 0 Å². The Bertz CT molecular complexity index is 960. The number of aryl methyl sites for hydroxylation is 1. The highest BCUT2D eigenvalue weighted by atomic mass is 16.5. The van der Waals surface area contributed by atoms with Gasteiger partial charge >= 0.3 is 0 Å². The van der Waals surface area contributed by atoms with E-state index in [-0.39, 0.29) is 5.91 Å². The molecule has 0 radical (unpaired) electrons. The van der Waals surface area contributed by atoms with Crippen LogP contribution in [0.1, 0.15) is 25.0 Å². The summed E-state index contributed by atoms with van der Waals surface area (Å²) in [5.41, 5.74) is 4.16. The molecule has 3 aromatic carbocycles. The average molecular weight is 389 g/mol. The van der Waals surface area contributed by atoms with E-state index in [2.05, 4.69) is 29.6 Å². The van der Waals surface area contributed by atoms with Gasteiger partial charge in [-0.3, -0.25) is 4.79 Å². The number of benzene rings is 3. The van der Waals surface area contributed by atoms with E-state index >= 15 is 0 Å². The second-order valence-corrected chi connectivity index (χ2v) is 7.59. The average Bonchev–Trinajstić information content (AvgIpc) is 2.69. The second-order valence-electron chi connectivity index (χ2n) is 7.59. The molecule has 0 saturated carbocycles. The highest BCUT2D eigenvalue weighted by Crippen LogP contribution is 2.24. The van der Waals surface area contributed by atoms with Crippen molar-refractivity contribution in [2.24, 2.45) is 0 Å². The highest BCUT2D eigenvalue weighted by molar-refractivity contribution is 5.97. The van der Waals surface area contributed by atoms with Gasteiger partial charge in [0.05, 0.1) is 6.61 Å². The summed E-state index contributed by atoms with van der Waals surface area (Å²) >= 11 is 0. The Morgan fingerprint density at radius 1 is 0.931 bits per heavy atom.